The van der Waals surface area contributed by atoms with E-state index >= 15 is 0 Å². The minimum absolute atomic E-state index is 0.0731. The number of hydrogen-bond acceptors (Lipinski definition) is 8. The summed E-state index contributed by atoms with van der Waals surface area (Å²) < 4.78 is 0. The van der Waals surface area contributed by atoms with Crippen LogP contribution in [0.5, 0.6) is 0 Å². The highest BCUT2D eigenvalue weighted by Gasteiger charge is 2.30. The van der Waals surface area contributed by atoms with E-state index in [0.717, 1.165) is 0 Å². The highest BCUT2D eigenvalue weighted by molar-refractivity contribution is 5.94. The van der Waals surface area contributed by atoms with Gasteiger partial charge in [-0.05, 0) is 18.4 Å². The Bertz CT molecular complexity index is 941. The van der Waals surface area contributed by atoms with E-state index < -0.39 is 72.8 Å². The first-order valence-corrected chi connectivity index (χ1v) is 11.0. The van der Waals surface area contributed by atoms with Crippen LogP contribution in [0.3, 0.4) is 0 Å². The van der Waals surface area contributed by atoms with Gasteiger partial charge < -0.3 is 42.7 Å². The molecule has 1 rings (SSSR count). The Morgan fingerprint density at radius 1 is 0.778 bits per heavy atom. The number of aliphatic hydroxyl groups excluding tert-OH is 1. The number of aliphatic carboxylic acids is 2. The summed E-state index contributed by atoms with van der Waals surface area (Å²) in [6.45, 7) is -0.722. The molecule has 0 radical (unpaired) electrons. The van der Waals surface area contributed by atoms with E-state index in [1.165, 1.54) is 0 Å². The van der Waals surface area contributed by atoms with Gasteiger partial charge in [0.05, 0.1) is 6.61 Å². The van der Waals surface area contributed by atoms with Crippen molar-refractivity contribution in [2.45, 2.75) is 56.3 Å². The Morgan fingerprint density at radius 2 is 1.31 bits per heavy atom. The van der Waals surface area contributed by atoms with Crippen LogP contribution in [0.15, 0.2) is 30.3 Å². The number of carboxylic acid groups (broad SMARTS) is 2. The maximum atomic E-state index is 13.0. The molecule has 0 saturated heterocycles. The largest absolute Gasteiger partial charge is 0.481 e. The number of benzene rings is 1. The van der Waals surface area contributed by atoms with Crippen LogP contribution in [0.25, 0.3) is 0 Å². The standard InChI is InChI=1S/C22H31N5O9/c23-13(11-28)19(32)25-14(7-9-18(30)31)20(33)27-16(10-12-4-2-1-3-5-12)21(34)26-15(22(35)36)6-8-17(24)29/h1-5,13-16,28H,6-11,23H2,(H2,24,29)(H,25,32)(H,26,34)(H,27,33)(H,30,31)(H,35,36). The van der Waals surface area contributed by atoms with E-state index in [1.807, 2.05) is 0 Å². The van der Waals surface area contributed by atoms with Crippen LogP contribution in [0.4, 0.5) is 0 Å². The summed E-state index contributed by atoms with van der Waals surface area (Å²) in [6, 6.07) is 2.85. The lowest BCUT2D eigenvalue weighted by Crippen LogP contribution is -2.58. The molecule has 0 aliphatic heterocycles. The Hall–Kier alpha value is -4.04. The molecule has 4 unspecified atom stereocenters. The molecule has 198 valence electrons. The first kappa shape index (κ1) is 30.0. The third-order valence-corrected chi connectivity index (χ3v) is 5.02. The Morgan fingerprint density at radius 3 is 1.83 bits per heavy atom. The second-order valence-electron chi connectivity index (χ2n) is 7.94. The van der Waals surface area contributed by atoms with Crippen LogP contribution < -0.4 is 27.4 Å². The number of nitrogens with two attached hydrogens (primary N) is 2. The quantitative estimate of drug-likeness (QED) is 0.114. The smallest absolute Gasteiger partial charge is 0.326 e. The average Bonchev–Trinajstić information content (AvgIpc) is 2.83. The summed E-state index contributed by atoms with van der Waals surface area (Å²) in [5.41, 5.74) is 11.1. The predicted molar refractivity (Wildman–Crippen MR) is 124 cm³/mol. The topological polar surface area (TPSA) is 251 Å². The van der Waals surface area contributed by atoms with Crippen molar-refractivity contribution < 1.29 is 44.1 Å². The number of primary amides is 1. The molecule has 14 heteroatoms. The van der Waals surface area contributed by atoms with E-state index in [9.17, 15) is 33.9 Å². The predicted octanol–water partition coefficient (Wildman–Crippen LogP) is -2.78. The number of carboxylic acids is 2. The average molecular weight is 510 g/mol. The van der Waals surface area contributed by atoms with E-state index in [4.69, 9.17) is 21.7 Å². The van der Waals surface area contributed by atoms with Crippen molar-refractivity contribution in [3.8, 4) is 0 Å². The summed E-state index contributed by atoms with van der Waals surface area (Å²) in [4.78, 5) is 71.6. The lowest BCUT2D eigenvalue weighted by atomic mass is 10.0. The van der Waals surface area contributed by atoms with Gasteiger partial charge in [0, 0.05) is 19.3 Å². The zero-order valence-corrected chi connectivity index (χ0v) is 19.4. The Kier molecular flexibility index (Phi) is 12.5. The molecule has 36 heavy (non-hydrogen) atoms. The first-order valence-electron chi connectivity index (χ1n) is 11.0. The molecule has 14 nitrogen and oxygen atoms in total. The van der Waals surface area contributed by atoms with Crippen molar-refractivity contribution >= 4 is 35.6 Å². The number of nitrogens with one attached hydrogen (secondary N) is 3. The van der Waals surface area contributed by atoms with Crippen molar-refractivity contribution in [3.05, 3.63) is 35.9 Å². The molecule has 4 amide bonds. The van der Waals surface area contributed by atoms with Crippen LogP contribution in [0.2, 0.25) is 0 Å². The normalized spacial score (nSPS) is 13.9. The molecule has 1 aromatic carbocycles. The molecule has 0 aliphatic rings. The van der Waals surface area contributed by atoms with Gasteiger partial charge in [0.1, 0.15) is 24.2 Å². The molecule has 4 atom stereocenters. The molecule has 10 N–H and O–H groups in total. The van der Waals surface area contributed by atoms with Gasteiger partial charge in [-0.25, -0.2) is 4.79 Å². The van der Waals surface area contributed by atoms with Crippen LogP contribution >= 0.6 is 0 Å². The van der Waals surface area contributed by atoms with E-state index in [-0.39, 0.29) is 25.7 Å². The highest BCUT2D eigenvalue weighted by atomic mass is 16.4. The minimum atomic E-state index is -1.47. The van der Waals surface area contributed by atoms with E-state index in [1.54, 1.807) is 30.3 Å². The molecule has 0 aliphatic carbocycles. The highest BCUT2D eigenvalue weighted by Crippen LogP contribution is 2.07. The first-order chi connectivity index (χ1) is 16.9. The van der Waals surface area contributed by atoms with Gasteiger partial charge in [-0.1, -0.05) is 30.3 Å². The molecule has 0 bridgehead atoms. The van der Waals surface area contributed by atoms with Crippen LogP contribution in [-0.2, 0) is 35.2 Å². The van der Waals surface area contributed by atoms with Gasteiger partial charge in [0.25, 0.3) is 0 Å². The molecule has 0 spiro atoms. The van der Waals surface area contributed by atoms with Crippen LogP contribution in [-0.4, -0.2) is 81.7 Å². The maximum Gasteiger partial charge on any atom is 0.326 e. The molecular formula is C22H31N5O9. The molecule has 1 aromatic rings. The zero-order chi connectivity index (χ0) is 27.3. The molecular weight excluding hydrogens is 478 g/mol. The van der Waals surface area contributed by atoms with Crippen molar-refractivity contribution in [2.24, 2.45) is 11.5 Å². The molecule has 0 saturated carbocycles. The van der Waals surface area contributed by atoms with Gasteiger partial charge in [-0.3, -0.25) is 24.0 Å². The number of rotatable bonds is 16. The maximum absolute atomic E-state index is 13.0. The number of hydrogen-bond donors (Lipinski definition) is 8. The van der Waals surface area contributed by atoms with Crippen molar-refractivity contribution in [1.29, 1.82) is 0 Å². The summed E-state index contributed by atoms with van der Waals surface area (Å²) in [6.07, 6.45) is -1.51. The third-order valence-electron chi connectivity index (χ3n) is 5.02. The SMILES string of the molecule is NC(=O)CCC(NC(=O)C(Cc1ccccc1)NC(=O)C(CCC(=O)O)NC(=O)C(N)CO)C(=O)O. The van der Waals surface area contributed by atoms with Gasteiger partial charge >= 0.3 is 11.9 Å². The van der Waals surface area contributed by atoms with E-state index in [0.29, 0.717) is 5.56 Å². The summed E-state index contributed by atoms with van der Waals surface area (Å²) in [7, 11) is 0. The van der Waals surface area contributed by atoms with Crippen molar-refractivity contribution in [2.75, 3.05) is 6.61 Å². The summed E-state index contributed by atoms with van der Waals surface area (Å²) in [5.74, 6) is -6.15. The van der Waals surface area contributed by atoms with Gasteiger partial charge in [-0.15, -0.1) is 0 Å². The van der Waals surface area contributed by atoms with Gasteiger partial charge in [0.2, 0.25) is 23.6 Å². The minimum Gasteiger partial charge on any atom is -0.481 e. The lowest BCUT2D eigenvalue weighted by molar-refractivity contribution is -0.142. The number of carbonyl (C=O) groups excluding carboxylic acids is 4. The zero-order valence-electron chi connectivity index (χ0n) is 19.4. The van der Waals surface area contributed by atoms with Crippen molar-refractivity contribution in [1.82, 2.24) is 16.0 Å². The molecule has 0 fully saturated rings. The van der Waals surface area contributed by atoms with Crippen molar-refractivity contribution in [3.63, 3.8) is 0 Å². The Balaban J connectivity index is 3.13. The van der Waals surface area contributed by atoms with Crippen LogP contribution in [0, 0.1) is 0 Å². The van der Waals surface area contributed by atoms with E-state index in [2.05, 4.69) is 16.0 Å². The number of amides is 4. The molecule has 0 aromatic heterocycles. The Labute approximate surface area is 206 Å². The monoisotopic (exact) mass is 509 g/mol. The summed E-state index contributed by atoms with van der Waals surface area (Å²) in [5, 5.41) is 34.3. The van der Waals surface area contributed by atoms with Gasteiger partial charge in [-0.2, -0.15) is 0 Å². The second kappa shape index (κ2) is 15.1. The van der Waals surface area contributed by atoms with Crippen LogP contribution in [0.1, 0.15) is 31.2 Å². The lowest BCUT2D eigenvalue weighted by Gasteiger charge is -2.25. The fourth-order valence-electron chi connectivity index (χ4n) is 3.05. The fourth-order valence-corrected chi connectivity index (χ4v) is 3.05. The second-order valence-corrected chi connectivity index (χ2v) is 7.94. The third kappa shape index (κ3) is 10.9. The number of carbonyl (C=O) groups is 6. The summed E-state index contributed by atoms with van der Waals surface area (Å²) >= 11 is 0. The number of aliphatic hydroxyl groups is 1. The molecule has 0 heterocycles. The fraction of sp³-hybridized carbons (Fsp3) is 0.455. The van der Waals surface area contributed by atoms with Gasteiger partial charge in [0.15, 0.2) is 0 Å².